The van der Waals surface area contributed by atoms with E-state index in [-0.39, 0.29) is 17.9 Å². The smallest absolute Gasteiger partial charge is 0.242 e. The minimum atomic E-state index is -0.674. The van der Waals surface area contributed by atoms with Gasteiger partial charge in [0.05, 0.1) is 65.4 Å². The van der Waals surface area contributed by atoms with Crippen LogP contribution in [0, 0.1) is 34.5 Å². The third-order valence-electron chi connectivity index (χ3n) is 5.64. The molecule has 148 valence electrons. The SMILES string of the molecule is Cn1cc(-c2cn3nccc3c(-c3cn(C4(CC#N)CC(C#N)C4)nc3F)n2)cn1. The van der Waals surface area contributed by atoms with Gasteiger partial charge in [-0.2, -0.15) is 25.1 Å². The van der Waals surface area contributed by atoms with Gasteiger partial charge in [-0.3, -0.25) is 9.36 Å². The van der Waals surface area contributed by atoms with E-state index in [0.29, 0.717) is 29.7 Å². The van der Waals surface area contributed by atoms with Crippen molar-refractivity contribution in [3.05, 3.63) is 43.0 Å². The van der Waals surface area contributed by atoms with Gasteiger partial charge in [0.2, 0.25) is 5.95 Å². The molecule has 0 aromatic carbocycles. The second-order valence-electron chi connectivity index (χ2n) is 7.61. The summed E-state index contributed by atoms with van der Waals surface area (Å²) >= 11 is 0. The van der Waals surface area contributed by atoms with Crippen molar-refractivity contribution in [2.75, 3.05) is 0 Å². The van der Waals surface area contributed by atoms with Gasteiger partial charge < -0.3 is 0 Å². The van der Waals surface area contributed by atoms with Crippen molar-refractivity contribution in [3.8, 4) is 34.7 Å². The van der Waals surface area contributed by atoms with Crippen molar-refractivity contribution in [2.45, 2.75) is 24.8 Å². The third-order valence-corrected chi connectivity index (χ3v) is 5.64. The van der Waals surface area contributed by atoms with Crippen LogP contribution in [0.1, 0.15) is 19.3 Å². The van der Waals surface area contributed by atoms with Crippen molar-refractivity contribution in [2.24, 2.45) is 13.0 Å². The fourth-order valence-electron chi connectivity index (χ4n) is 4.08. The van der Waals surface area contributed by atoms with E-state index in [1.807, 2.05) is 13.2 Å². The summed E-state index contributed by atoms with van der Waals surface area (Å²) in [6.45, 7) is 0. The molecule has 0 aliphatic heterocycles. The first kappa shape index (κ1) is 18.0. The number of rotatable bonds is 4. The summed E-state index contributed by atoms with van der Waals surface area (Å²) in [5.74, 6) is -0.825. The summed E-state index contributed by atoms with van der Waals surface area (Å²) in [6, 6.07) is 6.11. The molecule has 10 heteroatoms. The predicted octanol–water partition coefficient (Wildman–Crippen LogP) is 2.67. The van der Waals surface area contributed by atoms with Crippen LogP contribution >= 0.6 is 0 Å². The van der Waals surface area contributed by atoms with Gasteiger partial charge in [0.15, 0.2) is 0 Å². The highest BCUT2D eigenvalue weighted by Gasteiger charge is 2.47. The predicted molar refractivity (Wildman–Crippen MR) is 103 cm³/mol. The largest absolute Gasteiger partial charge is 0.275 e. The fraction of sp³-hybridized carbons (Fsp3) is 0.300. The molecule has 4 aromatic heterocycles. The first-order valence-corrected chi connectivity index (χ1v) is 9.39. The zero-order valence-corrected chi connectivity index (χ0v) is 16.1. The molecule has 0 radical (unpaired) electrons. The van der Waals surface area contributed by atoms with Crippen LogP contribution in [0.3, 0.4) is 0 Å². The minimum absolute atomic E-state index is 0.150. The van der Waals surface area contributed by atoms with Crippen molar-refractivity contribution in [1.82, 2.24) is 34.2 Å². The number of hydrogen-bond donors (Lipinski definition) is 0. The summed E-state index contributed by atoms with van der Waals surface area (Å²) in [7, 11) is 1.81. The standard InChI is InChI=1S/C20H16FN9/c1-28-10-14(9-25-28)16-12-29-17(2-5-24-29)18(26-16)15-11-30(27-19(15)21)20(3-4-22)6-13(7-20)8-23/h2,5,9-13H,3,6-7H2,1H3. The van der Waals surface area contributed by atoms with Crippen molar-refractivity contribution in [3.63, 3.8) is 0 Å². The van der Waals surface area contributed by atoms with E-state index in [2.05, 4.69) is 32.4 Å². The van der Waals surface area contributed by atoms with Gasteiger partial charge >= 0.3 is 0 Å². The van der Waals surface area contributed by atoms with E-state index in [1.54, 1.807) is 40.1 Å². The molecular weight excluding hydrogens is 385 g/mol. The van der Waals surface area contributed by atoms with Gasteiger partial charge in [-0.1, -0.05) is 0 Å². The summed E-state index contributed by atoms with van der Waals surface area (Å²) in [5.41, 5.74) is 1.98. The molecule has 30 heavy (non-hydrogen) atoms. The quantitative estimate of drug-likeness (QED) is 0.519. The van der Waals surface area contributed by atoms with Crippen LogP contribution in [0.2, 0.25) is 0 Å². The highest BCUT2D eigenvalue weighted by Crippen LogP contribution is 2.46. The molecule has 4 heterocycles. The Bertz CT molecular complexity index is 1340. The van der Waals surface area contributed by atoms with Crippen LogP contribution in [-0.2, 0) is 12.6 Å². The first-order valence-electron chi connectivity index (χ1n) is 9.39. The maximum Gasteiger partial charge on any atom is 0.242 e. The molecule has 5 rings (SSSR count). The summed E-state index contributed by atoms with van der Waals surface area (Å²) < 4.78 is 19.8. The Morgan fingerprint density at radius 2 is 2.07 bits per heavy atom. The molecule has 4 aromatic rings. The van der Waals surface area contributed by atoms with Crippen molar-refractivity contribution < 1.29 is 4.39 Å². The Balaban J connectivity index is 1.64. The van der Waals surface area contributed by atoms with Gasteiger partial charge in [0, 0.05) is 25.0 Å². The molecular formula is C20H16FN9. The van der Waals surface area contributed by atoms with Crippen molar-refractivity contribution >= 4 is 5.52 Å². The Hall–Kier alpha value is -4.05. The van der Waals surface area contributed by atoms with Crippen LogP contribution < -0.4 is 0 Å². The average molecular weight is 401 g/mol. The molecule has 1 saturated carbocycles. The zero-order valence-electron chi connectivity index (χ0n) is 16.1. The topological polar surface area (TPSA) is 113 Å². The summed E-state index contributed by atoms with van der Waals surface area (Å²) in [4.78, 5) is 4.68. The van der Waals surface area contributed by atoms with Gasteiger partial charge in [-0.25, -0.2) is 9.50 Å². The molecule has 0 N–H and O–H groups in total. The van der Waals surface area contributed by atoms with E-state index in [1.165, 1.54) is 4.68 Å². The number of aromatic nitrogens is 7. The maximum absolute atomic E-state index is 15.0. The number of fused-ring (bicyclic) bond motifs is 1. The molecule has 0 unspecified atom stereocenters. The van der Waals surface area contributed by atoms with Crippen LogP contribution in [0.25, 0.3) is 28.0 Å². The number of nitriles is 2. The first-order chi connectivity index (χ1) is 14.5. The second kappa shape index (κ2) is 6.49. The van der Waals surface area contributed by atoms with E-state index in [9.17, 15) is 5.26 Å². The van der Waals surface area contributed by atoms with E-state index in [0.717, 1.165) is 5.56 Å². The van der Waals surface area contributed by atoms with E-state index >= 15 is 4.39 Å². The Kier molecular flexibility index (Phi) is 3.90. The van der Waals surface area contributed by atoms with Crippen LogP contribution in [0.5, 0.6) is 0 Å². The summed E-state index contributed by atoms with van der Waals surface area (Å²) in [5, 5.41) is 30.9. The Morgan fingerprint density at radius 1 is 1.23 bits per heavy atom. The Labute approximate surface area is 170 Å². The van der Waals surface area contributed by atoms with Gasteiger partial charge in [-0.05, 0) is 18.9 Å². The second-order valence-corrected chi connectivity index (χ2v) is 7.61. The van der Waals surface area contributed by atoms with Crippen LogP contribution in [0.15, 0.2) is 37.1 Å². The molecule has 0 saturated heterocycles. The number of hydrogen-bond acceptors (Lipinski definition) is 6. The lowest BCUT2D eigenvalue weighted by Crippen LogP contribution is -2.46. The molecule has 0 bridgehead atoms. The minimum Gasteiger partial charge on any atom is -0.275 e. The number of halogens is 1. The van der Waals surface area contributed by atoms with Crippen LogP contribution in [-0.4, -0.2) is 34.2 Å². The lowest BCUT2D eigenvalue weighted by atomic mass is 9.67. The lowest BCUT2D eigenvalue weighted by Gasteiger charge is -2.43. The summed E-state index contributed by atoms with van der Waals surface area (Å²) in [6.07, 6.45) is 9.58. The molecule has 0 amide bonds. The van der Waals surface area contributed by atoms with Crippen molar-refractivity contribution in [1.29, 1.82) is 10.5 Å². The molecule has 9 nitrogen and oxygen atoms in total. The van der Waals surface area contributed by atoms with Gasteiger partial charge in [-0.15, -0.1) is 5.10 Å². The lowest BCUT2D eigenvalue weighted by molar-refractivity contribution is 0.0860. The molecule has 1 fully saturated rings. The monoisotopic (exact) mass is 401 g/mol. The van der Waals surface area contributed by atoms with Gasteiger partial charge in [0.25, 0.3) is 0 Å². The zero-order chi connectivity index (χ0) is 20.9. The molecule has 0 spiro atoms. The van der Waals surface area contributed by atoms with Gasteiger partial charge in [0.1, 0.15) is 5.69 Å². The molecule has 0 atom stereocenters. The Morgan fingerprint density at radius 3 is 2.77 bits per heavy atom. The third kappa shape index (κ3) is 2.65. The average Bonchev–Trinajstić information content (AvgIpc) is 3.43. The fourth-order valence-corrected chi connectivity index (χ4v) is 4.08. The van der Waals surface area contributed by atoms with Crippen LogP contribution in [0.4, 0.5) is 4.39 Å². The number of aryl methyl sites for hydroxylation is 1. The maximum atomic E-state index is 15.0. The highest BCUT2D eigenvalue weighted by molar-refractivity contribution is 5.78. The number of nitrogens with zero attached hydrogens (tertiary/aromatic N) is 9. The highest BCUT2D eigenvalue weighted by atomic mass is 19.1. The van der Waals surface area contributed by atoms with E-state index < -0.39 is 11.5 Å². The normalized spacial score (nSPS) is 20.6. The molecule has 1 aliphatic rings. The van der Waals surface area contributed by atoms with E-state index in [4.69, 9.17) is 5.26 Å². The molecule has 1 aliphatic carbocycles.